The number of hydrogen-bond acceptors (Lipinski definition) is 2. The number of rotatable bonds is 2. The van der Waals surface area contributed by atoms with Gasteiger partial charge in [-0.15, -0.1) is 0 Å². The van der Waals surface area contributed by atoms with Gasteiger partial charge in [-0.1, -0.05) is 18.2 Å². The normalized spacial score (nSPS) is 10.9. The van der Waals surface area contributed by atoms with Crippen LogP contribution in [0.1, 0.15) is 15.9 Å². The highest BCUT2D eigenvalue weighted by Crippen LogP contribution is 2.22. The fourth-order valence-corrected chi connectivity index (χ4v) is 2.07. The fraction of sp³-hybridized carbons (Fsp3) is 0.0714. The van der Waals surface area contributed by atoms with E-state index in [2.05, 4.69) is 0 Å². The first kappa shape index (κ1) is 9.90. The molecule has 0 bridgehead atoms. The summed E-state index contributed by atoms with van der Waals surface area (Å²) < 4.78 is 6.91. The molecular weight excluding hydrogens is 214 g/mol. The van der Waals surface area contributed by atoms with Crippen molar-refractivity contribution in [2.24, 2.45) is 7.05 Å². The first-order valence-corrected chi connectivity index (χ1v) is 5.38. The van der Waals surface area contributed by atoms with Crippen molar-refractivity contribution in [2.75, 3.05) is 0 Å². The van der Waals surface area contributed by atoms with Gasteiger partial charge in [0.05, 0.1) is 11.8 Å². The highest BCUT2D eigenvalue weighted by Gasteiger charge is 2.15. The van der Waals surface area contributed by atoms with Crippen molar-refractivity contribution in [1.82, 2.24) is 4.57 Å². The summed E-state index contributed by atoms with van der Waals surface area (Å²) >= 11 is 0. The van der Waals surface area contributed by atoms with Crippen molar-refractivity contribution in [3.63, 3.8) is 0 Å². The number of aryl methyl sites for hydroxylation is 1. The molecular formula is C14H11NO2. The first-order chi connectivity index (χ1) is 8.27. The van der Waals surface area contributed by atoms with Crippen molar-refractivity contribution in [2.45, 2.75) is 0 Å². The third-order valence-corrected chi connectivity index (χ3v) is 2.92. The molecule has 0 aliphatic carbocycles. The van der Waals surface area contributed by atoms with E-state index < -0.39 is 0 Å². The number of carbonyl (C=O) groups excluding carboxylic acids is 1. The van der Waals surface area contributed by atoms with Crippen molar-refractivity contribution in [3.8, 4) is 0 Å². The molecule has 0 saturated carbocycles. The Morgan fingerprint density at radius 2 is 2.06 bits per heavy atom. The van der Waals surface area contributed by atoms with E-state index in [0.717, 1.165) is 10.9 Å². The molecule has 0 aliphatic rings. The van der Waals surface area contributed by atoms with Crippen LogP contribution < -0.4 is 0 Å². The van der Waals surface area contributed by atoms with E-state index in [0.29, 0.717) is 11.1 Å². The highest BCUT2D eigenvalue weighted by atomic mass is 16.3. The Kier molecular flexibility index (Phi) is 2.11. The molecule has 2 heterocycles. The number of fused-ring (bicyclic) bond motifs is 1. The van der Waals surface area contributed by atoms with E-state index in [1.165, 1.54) is 12.5 Å². The summed E-state index contributed by atoms with van der Waals surface area (Å²) in [6.07, 6.45) is 4.85. The average molecular weight is 225 g/mol. The zero-order valence-electron chi connectivity index (χ0n) is 9.38. The first-order valence-electron chi connectivity index (χ1n) is 5.38. The van der Waals surface area contributed by atoms with Gasteiger partial charge in [-0.05, 0) is 12.1 Å². The second kappa shape index (κ2) is 3.63. The van der Waals surface area contributed by atoms with E-state index in [9.17, 15) is 4.79 Å². The van der Waals surface area contributed by atoms with Gasteiger partial charge in [-0.3, -0.25) is 4.79 Å². The summed E-state index contributed by atoms with van der Waals surface area (Å²) in [4.78, 5) is 12.3. The third-order valence-electron chi connectivity index (χ3n) is 2.92. The maximum absolute atomic E-state index is 12.3. The lowest BCUT2D eigenvalue weighted by atomic mass is 10.1. The largest absolute Gasteiger partial charge is 0.472 e. The van der Waals surface area contributed by atoms with Crippen LogP contribution in [0.2, 0.25) is 0 Å². The lowest BCUT2D eigenvalue weighted by Gasteiger charge is -1.95. The van der Waals surface area contributed by atoms with Gasteiger partial charge in [0.15, 0.2) is 5.78 Å². The monoisotopic (exact) mass is 225 g/mol. The summed E-state index contributed by atoms with van der Waals surface area (Å²) in [5.41, 5.74) is 2.35. The Bertz CT molecular complexity index is 677. The van der Waals surface area contributed by atoms with Crippen molar-refractivity contribution >= 4 is 16.7 Å². The Morgan fingerprint density at radius 1 is 1.24 bits per heavy atom. The Hall–Kier alpha value is -2.29. The number of hydrogen-bond donors (Lipinski definition) is 0. The molecule has 0 unspecified atom stereocenters. The molecule has 0 fully saturated rings. The molecule has 3 aromatic rings. The SMILES string of the molecule is Cn1cc(C(=O)c2ccoc2)c2ccccc21. The Morgan fingerprint density at radius 3 is 2.82 bits per heavy atom. The van der Waals surface area contributed by atoms with E-state index in [4.69, 9.17) is 4.42 Å². The van der Waals surface area contributed by atoms with Gasteiger partial charge in [0, 0.05) is 29.7 Å². The third kappa shape index (κ3) is 1.47. The van der Waals surface area contributed by atoms with E-state index >= 15 is 0 Å². The second-order valence-corrected chi connectivity index (χ2v) is 4.01. The molecule has 84 valence electrons. The minimum Gasteiger partial charge on any atom is -0.472 e. The predicted molar refractivity (Wildman–Crippen MR) is 65.1 cm³/mol. The standard InChI is InChI=1S/C14H11NO2/c1-15-8-12(11-4-2-3-5-13(11)15)14(16)10-6-7-17-9-10/h2-9H,1H3. The van der Waals surface area contributed by atoms with Crippen LogP contribution in [0.3, 0.4) is 0 Å². The maximum atomic E-state index is 12.3. The molecule has 0 aliphatic heterocycles. The fourth-order valence-electron chi connectivity index (χ4n) is 2.07. The molecule has 0 amide bonds. The van der Waals surface area contributed by atoms with Gasteiger partial charge in [0.1, 0.15) is 6.26 Å². The second-order valence-electron chi connectivity index (χ2n) is 4.01. The van der Waals surface area contributed by atoms with Gasteiger partial charge >= 0.3 is 0 Å². The molecule has 3 nitrogen and oxygen atoms in total. The molecule has 0 atom stereocenters. The van der Waals surface area contributed by atoms with Crippen LogP contribution in [0.4, 0.5) is 0 Å². The van der Waals surface area contributed by atoms with Gasteiger partial charge in [-0.2, -0.15) is 0 Å². The van der Waals surface area contributed by atoms with E-state index in [1.54, 1.807) is 6.07 Å². The van der Waals surface area contributed by atoms with Crippen LogP contribution in [0, 0.1) is 0 Å². The lowest BCUT2D eigenvalue weighted by molar-refractivity contribution is 0.103. The van der Waals surface area contributed by atoms with Crippen LogP contribution in [-0.4, -0.2) is 10.4 Å². The number of ketones is 1. The molecule has 0 radical (unpaired) electrons. The predicted octanol–water partition coefficient (Wildman–Crippen LogP) is 3.00. The summed E-state index contributed by atoms with van der Waals surface area (Å²) in [7, 11) is 1.94. The number of para-hydroxylation sites is 1. The number of furan rings is 1. The van der Waals surface area contributed by atoms with Crippen LogP contribution in [-0.2, 0) is 7.05 Å². The molecule has 1 aromatic carbocycles. The molecule has 0 spiro atoms. The molecule has 0 N–H and O–H groups in total. The summed E-state index contributed by atoms with van der Waals surface area (Å²) in [6.45, 7) is 0. The van der Waals surface area contributed by atoms with E-state index in [-0.39, 0.29) is 5.78 Å². The van der Waals surface area contributed by atoms with E-state index in [1.807, 2.05) is 42.1 Å². The van der Waals surface area contributed by atoms with Crippen LogP contribution in [0.5, 0.6) is 0 Å². The Balaban J connectivity index is 2.22. The minimum atomic E-state index is -0.00412. The van der Waals surface area contributed by atoms with Gasteiger partial charge < -0.3 is 8.98 Å². The highest BCUT2D eigenvalue weighted by molar-refractivity contribution is 6.16. The number of carbonyl (C=O) groups is 1. The molecule has 3 rings (SSSR count). The topological polar surface area (TPSA) is 35.1 Å². The van der Waals surface area contributed by atoms with Gasteiger partial charge in [-0.25, -0.2) is 0 Å². The summed E-state index contributed by atoms with van der Waals surface area (Å²) in [5, 5.41) is 0.973. The number of benzene rings is 1. The van der Waals surface area contributed by atoms with Crippen molar-refractivity contribution < 1.29 is 9.21 Å². The Labute approximate surface area is 98.3 Å². The van der Waals surface area contributed by atoms with Crippen LogP contribution in [0.25, 0.3) is 10.9 Å². The average Bonchev–Trinajstić information content (AvgIpc) is 2.97. The number of nitrogens with zero attached hydrogens (tertiary/aromatic N) is 1. The zero-order chi connectivity index (χ0) is 11.8. The molecule has 3 heteroatoms. The van der Waals surface area contributed by atoms with Gasteiger partial charge in [0.25, 0.3) is 0 Å². The molecule has 0 saturated heterocycles. The van der Waals surface area contributed by atoms with Crippen molar-refractivity contribution in [3.05, 3.63) is 60.2 Å². The number of aromatic nitrogens is 1. The van der Waals surface area contributed by atoms with Crippen molar-refractivity contribution in [1.29, 1.82) is 0 Å². The van der Waals surface area contributed by atoms with Crippen LogP contribution >= 0.6 is 0 Å². The summed E-state index contributed by atoms with van der Waals surface area (Å²) in [5.74, 6) is -0.00412. The quantitative estimate of drug-likeness (QED) is 0.628. The van der Waals surface area contributed by atoms with Gasteiger partial charge in [0.2, 0.25) is 0 Å². The van der Waals surface area contributed by atoms with Crippen LogP contribution in [0.15, 0.2) is 53.5 Å². The summed E-state index contributed by atoms with van der Waals surface area (Å²) in [6, 6.07) is 9.55. The zero-order valence-corrected chi connectivity index (χ0v) is 9.38. The maximum Gasteiger partial charge on any atom is 0.198 e. The lowest BCUT2D eigenvalue weighted by Crippen LogP contribution is -1.98. The minimum absolute atomic E-state index is 0.00412. The molecule has 17 heavy (non-hydrogen) atoms. The smallest absolute Gasteiger partial charge is 0.198 e. The molecule has 2 aromatic heterocycles.